The molecular formula is C9H13NO3. The zero-order valence-corrected chi connectivity index (χ0v) is 7.40. The van der Waals surface area contributed by atoms with Crippen molar-refractivity contribution < 1.29 is 14.6 Å². The molecular weight excluding hydrogens is 170 g/mol. The van der Waals surface area contributed by atoms with Gasteiger partial charge in [0.2, 0.25) is 0 Å². The summed E-state index contributed by atoms with van der Waals surface area (Å²) in [4.78, 5) is 12.5. The summed E-state index contributed by atoms with van der Waals surface area (Å²) < 4.78 is 5.19. The van der Waals surface area contributed by atoms with Gasteiger partial charge in [-0.2, -0.15) is 0 Å². The van der Waals surface area contributed by atoms with Crippen molar-refractivity contribution in [1.82, 2.24) is 4.90 Å². The van der Waals surface area contributed by atoms with E-state index in [-0.39, 0.29) is 12.5 Å². The largest absolute Gasteiger partial charge is 0.481 e. The van der Waals surface area contributed by atoms with Crippen LogP contribution in [-0.2, 0) is 9.53 Å². The Morgan fingerprint density at radius 3 is 3.15 bits per heavy atom. The third-order valence-electron chi connectivity index (χ3n) is 2.05. The summed E-state index contributed by atoms with van der Waals surface area (Å²) in [5.74, 6) is 1.71. The van der Waals surface area contributed by atoms with Gasteiger partial charge >= 0.3 is 5.97 Å². The molecule has 1 fully saturated rings. The predicted molar refractivity (Wildman–Crippen MR) is 47.3 cm³/mol. The second-order valence-corrected chi connectivity index (χ2v) is 3.00. The first kappa shape index (κ1) is 10.0. The number of terminal acetylenes is 1. The molecule has 0 radical (unpaired) electrons. The van der Waals surface area contributed by atoms with Crippen molar-refractivity contribution in [1.29, 1.82) is 0 Å². The Bertz CT molecular complexity index is 221. The summed E-state index contributed by atoms with van der Waals surface area (Å²) in [7, 11) is 0. The highest BCUT2D eigenvalue weighted by Gasteiger charge is 2.24. The summed E-state index contributed by atoms with van der Waals surface area (Å²) in [5.41, 5.74) is 0. The molecule has 1 atom stereocenters. The van der Waals surface area contributed by atoms with E-state index in [0.717, 1.165) is 6.54 Å². The summed E-state index contributed by atoms with van der Waals surface area (Å²) in [6.07, 6.45) is 5.27. The molecule has 0 amide bonds. The molecule has 13 heavy (non-hydrogen) atoms. The van der Waals surface area contributed by atoms with Gasteiger partial charge in [0, 0.05) is 12.6 Å². The van der Waals surface area contributed by atoms with Crippen LogP contribution < -0.4 is 0 Å². The first-order valence-corrected chi connectivity index (χ1v) is 4.21. The fourth-order valence-corrected chi connectivity index (χ4v) is 1.40. The Balaban J connectivity index is 2.47. The van der Waals surface area contributed by atoms with Crippen LogP contribution >= 0.6 is 0 Å². The molecule has 1 aliphatic rings. The van der Waals surface area contributed by atoms with Crippen molar-refractivity contribution in [3.8, 4) is 12.3 Å². The number of nitrogens with zero attached hydrogens (tertiary/aromatic N) is 1. The van der Waals surface area contributed by atoms with E-state index in [1.54, 1.807) is 0 Å². The lowest BCUT2D eigenvalue weighted by atomic mass is 10.1. The standard InChI is InChI=1S/C9H13NO3/c1-2-3-10-4-5-13-7-8(10)6-9(11)12/h1,8H,3-7H2,(H,11,12). The molecule has 0 aromatic rings. The van der Waals surface area contributed by atoms with E-state index >= 15 is 0 Å². The summed E-state index contributed by atoms with van der Waals surface area (Å²) in [5, 5.41) is 8.62. The molecule has 0 aliphatic carbocycles. The second-order valence-electron chi connectivity index (χ2n) is 3.00. The van der Waals surface area contributed by atoms with Crippen LogP contribution in [0.2, 0.25) is 0 Å². The molecule has 72 valence electrons. The van der Waals surface area contributed by atoms with Crippen LogP contribution in [0.1, 0.15) is 6.42 Å². The monoisotopic (exact) mass is 183 g/mol. The second kappa shape index (κ2) is 4.85. The van der Waals surface area contributed by atoms with E-state index < -0.39 is 5.97 Å². The van der Waals surface area contributed by atoms with Crippen LogP contribution in [0.5, 0.6) is 0 Å². The normalized spacial score (nSPS) is 23.8. The molecule has 1 aliphatic heterocycles. The molecule has 1 rings (SSSR count). The average molecular weight is 183 g/mol. The van der Waals surface area contributed by atoms with E-state index in [1.807, 2.05) is 4.90 Å². The molecule has 1 saturated heterocycles. The Hall–Kier alpha value is -1.05. The van der Waals surface area contributed by atoms with Crippen LogP contribution in [0.3, 0.4) is 0 Å². The number of hydrogen-bond acceptors (Lipinski definition) is 3. The Kier molecular flexibility index (Phi) is 3.74. The number of carboxylic acids is 1. The zero-order chi connectivity index (χ0) is 9.68. The predicted octanol–water partition coefficient (Wildman–Crippen LogP) is -0.205. The summed E-state index contributed by atoms with van der Waals surface area (Å²) >= 11 is 0. The van der Waals surface area contributed by atoms with Gasteiger partial charge in [-0.25, -0.2) is 0 Å². The Morgan fingerprint density at radius 1 is 1.77 bits per heavy atom. The Labute approximate surface area is 77.5 Å². The SMILES string of the molecule is C#CCN1CCOCC1CC(=O)O. The topological polar surface area (TPSA) is 49.8 Å². The van der Waals surface area contributed by atoms with Crippen LogP contribution in [-0.4, -0.2) is 48.3 Å². The molecule has 0 saturated carbocycles. The summed E-state index contributed by atoms with van der Waals surface area (Å²) in [6.45, 7) is 2.33. The number of carbonyl (C=O) groups is 1. The first-order valence-electron chi connectivity index (χ1n) is 4.21. The highest BCUT2D eigenvalue weighted by Crippen LogP contribution is 2.09. The van der Waals surface area contributed by atoms with Gasteiger partial charge in [0.25, 0.3) is 0 Å². The highest BCUT2D eigenvalue weighted by atomic mass is 16.5. The average Bonchev–Trinajstić information content (AvgIpc) is 2.08. The van der Waals surface area contributed by atoms with Crippen LogP contribution in [0.4, 0.5) is 0 Å². The van der Waals surface area contributed by atoms with Crippen molar-refractivity contribution in [2.45, 2.75) is 12.5 Å². The molecule has 4 heteroatoms. The van der Waals surface area contributed by atoms with E-state index in [1.165, 1.54) is 0 Å². The van der Waals surface area contributed by atoms with Crippen LogP contribution in [0.25, 0.3) is 0 Å². The van der Waals surface area contributed by atoms with E-state index in [4.69, 9.17) is 16.3 Å². The first-order chi connectivity index (χ1) is 6.24. The van der Waals surface area contributed by atoms with Crippen molar-refractivity contribution in [3.05, 3.63) is 0 Å². The third kappa shape index (κ3) is 3.05. The van der Waals surface area contributed by atoms with Gasteiger partial charge in [0.05, 0.1) is 26.2 Å². The van der Waals surface area contributed by atoms with Gasteiger partial charge in [0.15, 0.2) is 0 Å². The fourth-order valence-electron chi connectivity index (χ4n) is 1.40. The third-order valence-corrected chi connectivity index (χ3v) is 2.05. The van der Waals surface area contributed by atoms with Gasteiger partial charge in [-0.05, 0) is 0 Å². The zero-order valence-electron chi connectivity index (χ0n) is 7.40. The molecule has 1 heterocycles. The van der Waals surface area contributed by atoms with Gasteiger partial charge < -0.3 is 9.84 Å². The van der Waals surface area contributed by atoms with Crippen LogP contribution in [0.15, 0.2) is 0 Å². The molecule has 0 aromatic heterocycles. The van der Waals surface area contributed by atoms with Gasteiger partial charge in [0.1, 0.15) is 0 Å². The fraction of sp³-hybridized carbons (Fsp3) is 0.667. The number of aliphatic carboxylic acids is 1. The minimum absolute atomic E-state index is 0.0673. The van der Waals surface area contributed by atoms with Gasteiger partial charge in [-0.15, -0.1) is 6.42 Å². The van der Waals surface area contributed by atoms with E-state index in [2.05, 4.69) is 5.92 Å². The highest BCUT2D eigenvalue weighted by molar-refractivity contribution is 5.67. The van der Waals surface area contributed by atoms with E-state index in [0.29, 0.717) is 19.8 Å². The smallest absolute Gasteiger partial charge is 0.305 e. The van der Waals surface area contributed by atoms with Gasteiger partial charge in [-0.1, -0.05) is 5.92 Å². The molecule has 0 bridgehead atoms. The van der Waals surface area contributed by atoms with Crippen molar-refractivity contribution in [2.75, 3.05) is 26.3 Å². The number of rotatable bonds is 3. The van der Waals surface area contributed by atoms with Gasteiger partial charge in [-0.3, -0.25) is 9.69 Å². The molecule has 1 N–H and O–H groups in total. The lowest BCUT2D eigenvalue weighted by Crippen LogP contribution is -2.46. The minimum Gasteiger partial charge on any atom is -0.481 e. The van der Waals surface area contributed by atoms with Crippen molar-refractivity contribution >= 4 is 5.97 Å². The molecule has 0 aromatic carbocycles. The molecule has 0 spiro atoms. The van der Waals surface area contributed by atoms with Crippen molar-refractivity contribution in [2.24, 2.45) is 0 Å². The lowest BCUT2D eigenvalue weighted by Gasteiger charge is -2.33. The van der Waals surface area contributed by atoms with Crippen molar-refractivity contribution in [3.63, 3.8) is 0 Å². The number of hydrogen-bond donors (Lipinski definition) is 1. The maximum absolute atomic E-state index is 10.5. The quantitative estimate of drug-likeness (QED) is 0.615. The number of carboxylic acid groups (broad SMARTS) is 1. The molecule has 1 unspecified atom stereocenters. The summed E-state index contributed by atoms with van der Waals surface area (Å²) in [6, 6.07) is -0.0673. The molecule has 4 nitrogen and oxygen atoms in total. The lowest BCUT2D eigenvalue weighted by molar-refractivity contribution is -0.140. The maximum Gasteiger partial charge on any atom is 0.305 e. The van der Waals surface area contributed by atoms with Crippen LogP contribution in [0, 0.1) is 12.3 Å². The number of ether oxygens (including phenoxy) is 1. The maximum atomic E-state index is 10.5. The Morgan fingerprint density at radius 2 is 2.54 bits per heavy atom. The minimum atomic E-state index is -0.808. The number of morpholine rings is 1. The van der Waals surface area contributed by atoms with E-state index in [9.17, 15) is 4.79 Å².